The number of thioether (sulfide) groups is 1. The number of carboxylic acid groups (broad SMARTS) is 1. The Hall–Kier alpha value is -1.36. The van der Waals surface area contributed by atoms with Gasteiger partial charge in [0.1, 0.15) is 5.25 Å². The second-order valence-electron chi connectivity index (χ2n) is 3.09. The lowest BCUT2D eigenvalue weighted by molar-refractivity contribution is -0.136. The highest BCUT2D eigenvalue weighted by molar-refractivity contribution is 7.99. The molecule has 0 fully saturated rings. The van der Waals surface area contributed by atoms with Crippen molar-refractivity contribution in [1.29, 1.82) is 0 Å². The molecule has 0 saturated carbocycles. The van der Waals surface area contributed by atoms with Crippen LogP contribution in [0.5, 0.6) is 11.5 Å². The van der Waals surface area contributed by atoms with Crippen LogP contribution in [0.25, 0.3) is 0 Å². The summed E-state index contributed by atoms with van der Waals surface area (Å²) in [6, 6.07) is 4.33. The van der Waals surface area contributed by atoms with E-state index in [2.05, 4.69) is 0 Å². The first-order chi connectivity index (χ1) is 7.04. The van der Waals surface area contributed by atoms with E-state index in [-0.39, 0.29) is 11.5 Å². The Balaban J connectivity index is 2.80. The van der Waals surface area contributed by atoms with Gasteiger partial charge >= 0.3 is 5.97 Å². The van der Waals surface area contributed by atoms with E-state index in [9.17, 15) is 9.90 Å². The van der Waals surface area contributed by atoms with Crippen molar-refractivity contribution in [2.24, 2.45) is 0 Å². The third kappa shape index (κ3) is 3.06. The van der Waals surface area contributed by atoms with Crippen LogP contribution in [0.2, 0.25) is 0 Å². The van der Waals surface area contributed by atoms with Gasteiger partial charge < -0.3 is 15.3 Å². The number of phenols is 2. The predicted octanol–water partition coefficient (Wildman–Crippen LogP) is 1.46. The minimum absolute atomic E-state index is 0.199. The van der Waals surface area contributed by atoms with Gasteiger partial charge in [-0.3, -0.25) is 4.79 Å². The quantitative estimate of drug-likeness (QED) is 0.680. The molecule has 0 radical (unpaired) electrons. The van der Waals surface area contributed by atoms with Gasteiger partial charge in [0, 0.05) is 0 Å². The number of rotatable bonds is 4. The Morgan fingerprint density at radius 2 is 2.07 bits per heavy atom. The van der Waals surface area contributed by atoms with E-state index < -0.39 is 11.2 Å². The zero-order chi connectivity index (χ0) is 11.4. The average molecular weight is 228 g/mol. The SMILES string of the molecule is CSC(Cc1ccc(O)c(O)c1)C(=O)O. The maximum atomic E-state index is 10.8. The highest BCUT2D eigenvalue weighted by Crippen LogP contribution is 2.26. The van der Waals surface area contributed by atoms with Crippen molar-refractivity contribution in [1.82, 2.24) is 0 Å². The Labute approximate surface area is 91.6 Å². The van der Waals surface area contributed by atoms with E-state index in [1.165, 1.54) is 23.9 Å². The summed E-state index contributed by atoms with van der Waals surface area (Å²) < 4.78 is 0. The van der Waals surface area contributed by atoms with E-state index in [0.29, 0.717) is 12.0 Å². The molecule has 0 aliphatic heterocycles. The molecule has 0 bridgehead atoms. The molecule has 0 aromatic heterocycles. The number of benzene rings is 1. The monoisotopic (exact) mass is 228 g/mol. The van der Waals surface area contributed by atoms with Gasteiger partial charge in [0.2, 0.25) is 0 Å². The van der Waals surface area contributed by atoms with Gasteiger partial charge in [-0.1, -0.05) is 6.07 Å². The summed E-state index contributed by atoms with van der Waals surface area (Å²) in [5.74, 6) is -1.30. The summed E-state index contributed by atoms with van der Waals surface area (Å²) in [6.45, 7) is 0. The molecule has 15 heavy (non-hydrogen) atoms. The lowest BCUT2D eigenvalue weighted by atomic mass is 10.1. The van der Waals surface area contributed by atoms with Gasteiger partial charge in [0.25, 0.3) is 0 Å². The molecule has 0 amide bonds. The molecule has 0 heterocycles. The van der Waals surface area contributed by atoms with E-state index in [0.717, 1.165) is 0 Å². The standard InChI is InChI=1S/C10H12O4S/c1-15-9(10(13)14)5-6-2-3-7(11)8(12)4-6/h2-4,9,11-12H,5H2,1H3,(H,13,14). The van der Waals surface area contributed by atoms with Gasteiger partial charge in [-0.2, -0.15) is 0 Å². The molecular weight excluding hydrogens is 216 g/mol. The number of carbonyl (C=O) groups is 1. The lowest BCUT2D eigenvalue weighted by Crippen LogP contribution is -2.18. The van der Waals surface area contributed by atoms with Crippen molar-refractivity contribution in [3.05, 3.63) is 23.8 Å². The van der Waals surface area contributed by atoms with Crippen LogP contribution in [0, 0.1) is 0 Å². The fourth-order valence-corrected chi connectivity index (χ4v) is 1.74. The minimum atomic E-state index is -0.880. The predicted molar refractivity (Wildman–Crippen MR) is 58.4 cm³/mol. The fourth-order valence-electron chi connectivity index (χ4n) is 1.18. The number of hydrogen-bond acceptors (Lipinski definition) is 4. The fraction of sp³-hybridized carbons (Fsp3) is 0.300. The number of aromatic hydroxyl groups is 2. The summed E-state index contributed by atoms with van der Waals surface area (Å²) in [7, 11) is 0. The van der Waals surface area contributed by atoms with Crippen molar-refractivity contribution < 1.29 is 20.1 Å². The molecule has 0 aliphatic rings. The first-order valence-electron chi connectivity index (χ1n) is 4.31. The first kappa shape index (κ1) is 11.7. The topological polar surface area (TPSA) is 77.8 Å². The van der Waals surface area contributed by atoms with Gasteiger partial charge in [0.15, 0.2) is 11.5 Å². The van der Waals surface area contributed by atoms with E-state index in [1.54, 1.807) is 12.3 Å². The van der Waals surface area contributed by atoms with Gasteiger partial charge in [-0.25, -0.2) is 0 Å². The van der Waals surface area contributed by atoms with Crippen LogP contribution in [0.4, 0.5) is 0 Å². The van der Waals surface area contributed by atoms with Crippen LogP contribution in [0.15, 0.2) is 18.2 Å². The molecule has 1 aromatic rings. The highest BCUT2D eigenvalue weighted by atomic mass is 32.2. The van der Waals surface area contributed by atoms with Crippen LogP contribution in [0.1, 0.15) is 5.56 Å². The lowest BCUT2D eigenvalue weighted by Gasteiger charge is -2.09. The van der Waals surface area contributed by atoms with Crippen LogP contribution >= 0.6 is 11.8 Å². The van der Waals surface area contributed by atoms with E-state index in [4.69, 9.17) is 10.2 Å². The molecule has 1 unspecified atom stereocenters. The smallest absolute Gasteiger partial charge is 0.316 e. The van der Waals surface area contributed by atoms with Crippen molar-refractivity contribution in [3.8, 4) is 11.5 Å². The number of aliphatic carboxylic acids is 1. The normalized spacial score (nSPS) is 12.3. The molecular formula is C10H12O4S. The molecule has 82 valence electrons. The molecule has 0 saturated heterocycles. The number of carboxylic acids is 1. The zero-order valence-corrected chi connectivity index (χ0v) is 8.99. The molecule has 1 atom stereocenters. The van der Waals surface area contributed by atoms with Crippen LogP contribution < -0.4 is 0 Å². The highest BCUT2D eigenvalue weighted by Gasteiger charge is 2.16. The Morgan fingerprint density at radius 3 is 2.53 bits per heavy atom. The summed E-state index contributed by atoms with van der Waals surface area (Å²) in [6.07, 6.45) is 2.05. The summed E-state index contributed by atoms with van der Waals surface area (Å²) in [5, 5.41) is 26.6. The molecule has 0 aliphatic carbocycles. The van der Waals surface area contributed by atoms with Crippen LogP contribution in [-0.2, 0) is 11.2 Å². The second kappa shape index (κ2) is 4.93. The van der Waals surface area contributed by atoms with E-state index >= 15 is 0 Å². The Morgan fingerprint density at radius 1 is 1.40 bits per heavy atom. The van der Waals surface area contributed by atoms with Gasteiger partial charge in [0.05, 0.1) is 0 Å². The second-order valence-corrected chi connectivity index (χ2v) is 4.13. The average Bonchev–Trinajstić information content (AvgIpc) is 2.19. The Kier molecular flexibility index (Phi) is 3.85. The maximum Gasteiger partial charge on any atom is 0.316 e. The molecule has 4 nitrogen and oxygen atoms in total. The molecule has 5 heteroatoms. The third-order valence-electron chi connectivity index (χ3n) is 2.02. The molecule has 0 spiro atoms. The summed E-state index contributed by atoms with van der Waals surface area (Å²) in [5.41, 5.74) is 0.687. The molecule has 1 aromatic carbocycles. The van der Waals surface area contributed by atoms with Crippen molar-refractivity contribution >= 4 is 17.7 Å². The molecule has 3 N–H and O–H groups in total. The molecule has 1 rings (SSSR count). The number of hydrogen-bond donors (Lipinski definition) is 3. The maximum absolute atomic E-state index is 10.8. The van der Waals surface area contributed by atoms with Crippen LogP contribution in [0.3, 0.4) is 0 Å². The van der Waals surface area contributed by atoms with E-state index in [1.807, 2.05) is 0 Å². The largest absolute Gasteiger partial charge is 0.504 e. The summed E-state index contributed by atoms with van der Waals surface area (Å²) >= 11 is 1.24. The van der Waals surface area contributed by atoms with Crippen molar-refractivity contribution in [3.63, 3.8) is 0 Å². The number of phenolic OH excluding ortho intramolecular Hbond substituents is 2. The van der Waals surface area contributed by atoms with Gasteiger partial charge in [-0.15, -0.1) is 11.8 Å². The van der Waals surface area contributed by atoms with Crippen molar-refractivity contribution in [2.45, 2.75) is 11.7 Å². The van der Waals surface area contributed by atoms with Crippen molar-refractivity contribution in [2.75, 3.05) is 6.26 Å². The first-order valence-corrected chi connectivity index (χ1v) is 5.60. The van der Waals surface area contributed by atoms with Crippen LogP contribution in [-0.4, -0.2) is 32.8 Å². The third-order valence-corrected chi connectivity index (χ3v) is 2.96. The summed E-state index contributed by atoms with van der Waals surface area (Å²) in [4.78, 5) is 10.8. The minimum Gasteiger partial charge on any atom is -0.504 e. The Bertz CT molecular complexity index is 364. The zero-order valence-electron chi connectivity index (χ0n) is 8.17. The van der Waals surface area contributed by atoms with Gasteiger partial charge in [-0.05, 0) is 30.4 Å².